The predicted molar refractivity (Wildman–Crippen MR) is 71.0 cm³/mol. The molecular weight excluding hydrogens is 226 g/mol. The van der Waals surface area contributed by atoms with E-state index in [-0.39, 0.29) is 6.10 Å². The molecule has 0 saturated carbocycles. The number of piperidine rings is 1. The van der Waals surface area contributed by atoms with Gasteiger partial charge in [-0.3, -0.25) is 0 Å². The van der Waals surface area contributed by atoms with E-state index in [1.54, 1.807) is 6.20 Å². The minimum absolute atomic E-state index is 0.190. The summed E-state index contributed by atoms with van der Waals surface area (Å²) in [6.07, 6.45) is 5.49. The third kappa shape index (κ3) is 2.24. The Balaban J connectivity index is 1.78. The summed E-state index contributed by atoms with van der Waals surface area (Å²) >= 11 is 0. The first-order valence-electron chi connectivity index (χ1n) is 6.36. The molecule has 1 unspecified atom stereocenters. The maximum atomic E-state index is 9.69. The van der Waals surface area contributed by atoms with Gasteiger partial charge in [0.05, 0.1) is 11.8 Å². The first kappa shape index (κ1) is 11.3. The number of aliphatic hydroxyl groups excluding tert-OH is 1. The molecule has 2 aromatic rings. The number of aliphatic hydroxyl groups is 1. The van der Waals surface area contributed by atoms with Crippen LogP contribution in [-0.2, 0) is 0 Å². The summed E-state index contributed by atoms with van der Waals surface area (Å²) in [6, 6.07) is 10.2. The highest BCUT2D eigenvalue weighted by atomic mass is 16.3. The fourth-order valence-corrected chi connectivity index (χ4v) is 2.43. The van der Waals surface area contributed by atoms with Crippen molar-refractivity contribution < 1.29 is 5.11 Å². The molecule has 1 aliphatic heterocycles. The number of β-amino-alcohol motifs (C(OH)–C–C–N with tert-alkyl or cyclic N) is 1. The van der Waals surface area contributed by atoms with E-state index >= 15 is 0 Å². The summed E-state index contributed by atoms with van der Waals surface area (Å²) in [5.74, 6) is 0. The molecule has 3 rings (SSSR count). The highest BCUT2D eigenvalue weighted by molar-refractivity contribution is 5.51. The molecule has 0 radical (unpaired) electrons. The molecule has 0 spiro atoms. The Morgan fingerprint density at radius 1 is 1.17 bits per heavy atom. The SMILES string of the molecule is OC1CCCN(c2ccc(-n3cccn3)cc2)C1. The van der Waals surface area contributed by atoms with Crippen LogP contribution in [-0.4, -0.2) is 34.1 Å². The van der Waals surface area contributed by atoms with Gasteiger partial charge in [-0.2, -0.15) is 5.10 Å². The molecule has 0 bridgehead atoms. The van der Waals surface area contributed by atoms with Crippen LogP contribution in [0.4, 0.5) is 5.69 Å². The highest BCUT2D eigenvalue weighted by Gasteiger charge is 2.17. The largest absolute Gasteiger partial charge is 0.391 e. The molecule has 94 valence electrons. The molecule has 18 heavy (non-hydrogen) atoms. The van der Waals surface area contributed by atoms with Gasteiger partial charge in [0.1, 0.15) is 0 Å². The topological polar surface area (TPSA) is 41.3 Å². The van der Waals surface area contributed by atoms with Gasteiger partial charge < -0.3 is 10.0 Å². The Hall–Kier alpha value is -1.81. The monoisotopic (exact) mass is 243 g/mol. The van der Waals surface area contributed by atoms with Crippen molar-refractivity contribution in [3.05, 3.63) is 42.7 Å². The lowest BCUT2D eigenvalue weighted by Gasteiger charge is -2.32. The Bertz CT molecular complexity index is 492. The van der Waals surface area contributed by atoms with Gasteiger partial charge in [0.25, 0.3) is 0 Å². The third-order valence-corrected chi connectivity index (χ3v) is 3.38. The van der Waals surface area contributed by atoms with Crippen LogP contribution < -0.4 is 4.90 Å². The van der Waals surface area contributed by atoms with Crippen LogP contribution in [0.2, 0.25) is 0 Å². The first-order chi connectivity index (χ1) is 8.83. The van der Waals surface area contributed by atoms with E-state index in [1.165, 1.54) is 5.69 Å². The van der Waals surface area contributed by atoms with E-state index in [2.05, 4.69) is 34.3 Å². The summed E-state index contributed by atoms with van der Waals surface area (Å²) in [7, 11) is 0. The summed E-state index contributed by atoms with van der Waals surface area (Å²) in [6.45, 7) is 1.76. The summed E-state index contributed by atoms with van der Waals surface area (Å²) in [4.78, 5) is 2.24. The quantitative estimate of drug-likeness (QED) is 0.875. The lowest BCUT2D eigenvalue weighted by Crippen LogP contribution is -2.38. The highest BCUT2D eigenvalue weighted by Crippen LogP contribution is 2.21. The Labute approximate surface area is 106 Å². The van der Waals surface area contributed by atoms with Crippen molar-refractivity contribution in [3.63, 3.8) is 0 Å². The van der Waals surface area contributed by atoms with Gasteiger partial charge in [-0.05, 0) is 43.2 Å². The van der Waals surface area contributed by atoms with E-state index in [0.29, 0.717) is 0 Å². The van der Waals surface area contributed by atoms with Crippen LogP contribution >= 0.6 is 0 Å². The lowest BCUT2D eigenvalue weighted by atomic mass is 10.1. The number of anilines is 1. The molecule has 4 heteroatoms. The van der Waals surface area contributed by atoms with Gasteiger partial charge in [0.15, 0.2) is 0 Å². The standard InChI is InChI=1S/C14H17N3O/c18-14-3-1-9-16(11-14)12-4-6-13(7-5-12)17-10-2-8-15-17/h2,4-8,10,14,18H,1,3,9,11H2. The summed E-state index contributed by atoms with van der Waals surface area (Å²) < 4.78 is 1.84. The molecule has 0 aliphatic carbocycles. The van der Waals surface area contributed by atoms with E-state index in [1.807, 2.05) is 16.9 Å². The average Bonchev–Trinajstić information content (AvgIpc) is 2.93. The summed E-state index contributed by atoms with van der Waals surface area (Å²) in [5.41, 5.74) is 2.23. The van der Waals surface area contributed by atoms with Crippen LogP contribution in [0.15, 0.2) is 42.7 Å². The van der Waals surface area contributed by atoms with Crippen LogP contribution in [0, 0.1) is 0 Å². The molecule has 1 saturated heterocycles. The number of nitrogens with zero attached hydrogens (tertiary/aromatic N) is 3. The molecule has 1 aromatic carbocycles. The van der Waals surface area contributed by atoms with E-state index in [4.69, 9.17) is 0 Å². The molecule has 1 atom stereocenters. The van der Waals surface area contributed by atoms with E-state index < -0.39 is 0 Å². The van der Waals surface area contributed by atoms with Gasteiger partial charge in [0.2, 0.25) is 0 Å². The fourth-order valence-electron chi connectivity index (χ4n) is 2.43. The van der Waals surface area contributed by atoms with Crippen molar-refractivity contribution in [2.45, 2.75) is 18.9 Å². The van der Waals surface area contributed by atoms with Gasteiger partial charge in [-0.25, -0.2) is 4.68 Å². The molecule has 2 heterocycles. The van der Waals surface area contributed by atoms with Crippen molar-refractivity contribution in [2.24, 2.45) is 0 Å². The Morgan fingerprint density at radius 3 is 2.61 bits per heavy atom. The normalized spacial score (nSPS) is 20.1. The average molecular weight is 243 g/mol. The molecule has 1 N–H and O–H groups in total. The zero-order valence-electron chi connectivity index (χ0n) is 10.2. The second kappa shape index (κ2) is 4.82. The number of rotatable bonds is 2. The van der Waals surface area contributed by atoms with E-state index in [9.17, 15) is 5.11 Å². The Kier molecular flexibility index (Phi) is 3.02. The maximum absolute atomic E-state index is 9.69. The number of benzene rings is 1. The summed E-state index contributed by atoms with van der Waals surface area (Å²) in [5, 5.41) is 13.9. The number of hydrogen-bond acceptors (Lipinski definition) is 3. The minimum Gasteiger partial charge on any atom is -0.391 e. The molecule has 1 fully saturated rings. The van der Waals surface area contributed by atoms with Crippen LogP contribution in [0.3, 0.4) is 0 Å². The zero-order chi connectivity index (χ0) is 12.4. The molecule has 0 amide bonds. The molecule has 4 nitrogen and oxygen atoms in total. The van der Waals surface area contributed by atoms with Crippen molar-refractivity contribution in [1.82, 2.24) is 9.78 Å². The second-order valence-corrected chi connectivity index (χ2v) is 4.71. The fraction of sp³-hybridized carbons (Fsp3) is 0.357. The third-order valence-electron chi connectivity index (χ3n) is 3.38. The lowest BCUT2D eigenvalue weighted by molar-refractivity contribution is 0.154. The van der Waals surface area contributed by atoms with Crippen molar-refractivity contribution >= 4 is 5.69 Å². The molecule has 1 aromatic heterocycles. The number of aromatic nitrogens is 2. The minimum atomic E-state index is -0.190. The number of hydrogen-bond donors (Lipinski definition) is 1. The smallest absolute Gasteiger partial charge is 0.0715 e. The van der Waals surface area contributed by atoms with Crippen molar-refractivity contribution in [1.29, 1.82) is 0 Å². The van der Waals surface area contributed by atoms with Gasteiger partial charge in [-0.15, -0.1) is 0 Å². The van der Waals surface area contributed by atoms with Crippen LogP contribution in [0.1, 0.15) is 12.8 Å². The van der Waals surface area contributed by atoms with Gasteiger partial charge in [0, 0.05) is 31.2 Å². The predicted octanol–water partition coefficient (Wildman–Crippen LogP) is 1.83. The molecular formula is C14H17N3O. The van der Waals surface area contributed by atoms with Gasteiger partial charge in [-0.1, -0.05) is 0 Å². The van der Waals surface area contributed by atoms with Crippen LogP contribution in [0.25, 0.3) is 5.69 Å². The van der Waals surface area contributed by atoms with Crippen molar-refractivity contribution in [3.8, 4) is 5.69 Å². The second-order valence-electron chi connectivity index (χ2n) is 4.71. The van der Waals surface area contributed by atoms with Crippen LogP contribution in [0.5, 0.6) is 0 Å². The van der Waals surface area contributed by atoms with Gasteiger partial charge >= 0.3 is 0 Å². The molecule has 1 aliphatic rings. The Morgan fingerprint density at radius 2 is 1.94 bits per heavy atom. The zero-order valence-corrected chi connectivity index (χ0v) is 10.2. The van der Waals surface area contributed by atoms with E-state index in [0.717, 1.165) is 31.6 Å². The van der Waals surface area contributed by atoms with Crippen molar-refractivity contribution in [2.75, 3.05) is 18.0 Å². The maximum Gasteiger partial charge on any atom is 0.0715 e. The first-order valence-corrected chi connectivity index (χ1v) is 6.36.